The summed E-state index contributed by atoms with van der Waals surface area (Å²) in [5, 5.41) is 9.63. The molecular weight excluding hydrogens is 486 g/mol. The van der Waals surface area contributed by atoms with Crippen LogP contribution >= 0.6 is 0 Å². The van der Waals surface area contributed by atoms with Crippen LogP contribution in [0.2, 0.25) is 0 Å². The molecule has 1 aliphatic carbocycles. The number of hydrogen-bond donors (Lipinski definition) is 3. The summed E-state index contributed by atoms with van der Waals surface area (Å²) < 4.78 is 34.8. The van der Waals surface area contributed by atoms with E-state index in [1.165, 1.54) is 12.1 Å². The Bertz CT molecular complexity index is 1060. The minimum atomic E-state index is -3.21. The van der Waals surface area contributed by atoms with Crippen LogP contribution in [0.25, 0.3) is 6.08 Å². The van der Waals surface area contributed by atoms with Gasteiger partial charge in [-0.2, -0.15) is 8.78 Å². The van der Waals surface area contributed by atoms with Crippen LogP contribution in [-0.4, -0.2) is 17.2 Å². The van der Waals surface area contributed by atoms with Crippen LogP contribution in [0.5, 0.6) is 5.75 Å². The molecule has 2 aromatic rings. The van der Waals surface area contributed by atoms with Crippen molar-refractivity contribution in [2.45, 2.75) is 90.1 Å². The first-order chi connectivity index (χ1) is 18.2. The van der Waals surface area contributed by atoms with E-state index in [0.29, 0.717) is 42.1 Å². The normalized spacial score (nSPS) is 18.3. The summed E-state index contributed by atoms with van der Waals surface area (Å²) in [5.74, 6) is -1.10. The molecule has 0 amide bonds. The molecule has 208 valence electrons. The average molecular weight is 529 g/mol. The van der Waals surface area contributed by atoms with Crippen LogP contribution in [0.1, 0.15) is 88.7 Å². The number of unbranched alkanes of at least 4 members (excludes halogenated alkanes) is 3. The highest BCUT2D eigenvalue weighted by Crippen LogP contribution is 2.41. The molecule has 0 aliphatic heterocycles. The lowest BCUT2D eigenvalue weighted by Gasteiger charge is -2.33. The highest BCUT2D eigenvalue weighted by molar-refractivity contribution is 5.92. The number of ether oxygens (including phenoxy) is 1. The number of aryl methyl sites for hydroxylation is 1. The molecule has 0 aromatic heterocycles. The maximum Gasteiger partial charge on any atom is 0.400 e. The van der Waals surface area contributed by atoms with Gasteiger partial charge in [-0.1, -0.05) is 50.8 Å². The standard InChI is InChI=1S/C31H42F2N2O3/c1-2-3-7-22-10-15-26(16-11-22)31(32,33)38-28-18-12-23(13-19-28)20-25(30(36)37)9-6-4-5-8-24-14-17-27(34)21-29(24)35/h12-14,17-22,26H,2-11,15-16,34-35H2,1H3,(H,36,37). The highest BCUT2D eigenvalue weighted by Gasteiger charge is 2.43. The van der Waals surface area contributed by atoms with Gasteiger partial charge in [-0.05, 0) is 98.8 Å². The van der Waals surface area contributed by atoms with Crippen molar-refractivity contribution < 1.29 is 23.4 Å². The van der Waals surface area contributed by atoms with Gasteiger partial charge in [-0.3, -0.25) is 0 Å². The predicted molar refractivity (Wildman–Crippen MR) is 150 cm³/mol. The maximum absolute atomic E-state index is 14.8. The fourth-order valence-electron chi connectivity index (χ4n) is 5.24. The minimum Gasteiger partial charge on any atom is -0.478 e. The molecule has 1 fully saturated rings. The van der Waals surface area contributed by atoms with Crippen LogP contribution < -0.4 is 16.2 Å². The Kier molecular flexibility index (Phi) is 11.0. The van der Waals surface area contributed by atoms with E-state index in [1.54, 1.807) is 24.3 Å². The van der Waals surface area contributed by atoms with E-state index in [4.69, 9.17) is 16.2 Å². The van der Waals surface area contributed by atoms with Gasteiger partial charge in [0.05, 0.1) is 5.92 Å². The van der Waals surface area contributed by atoms with E-state index in [9.17, 15) is 18.7 Å². The average Bonchev–Trinajstić information content (AvgIpc) is 2.88. The highest BCUT2D eigenvalue weighted by atomic mass is 19.3. The quantitative estimate of drug-likeness (QED) is 0.131. The molecule has 0 bridgehead atoms. The number of rotatable bonds is 14. The van der Waals surface area contributed by atoms with Gasteiger partial charge in [0, 0.05) is 16.9 Å². The number of anilines is 2. The van der Waals surface area contributed by atoms with Crippen molar-refractivity contribution in [2.24, 2.45) is 11.8 Å². The smallest absolute Gasteiger partial charge is 0.400 e. The third-order valence-electron chi connectivity index (χ3n) is 7.60. The lowest BCUT2D eigenvalue weighted by Crippen LogP contribution is -2.37. The number of halogens is 2. The number of nitrogen functional groups attached to an aromatic ring is 2. The van der Waals surface area contributed by atoms with E-state index in [2.05, 4.69) is 6.92 Å². The number of alkyl halides is 2. The molecule has 0 saturated heterocycles. The number of carboxylic acid groups (broad SMARTS) is 1. The van der Waals surface area contributed by atoms with E-state index in [1.807, 2.05) is 12.1 Å². The Balaban J connectivity index is 1.48. The van der Waals surface area contributed by atoms with Crippen molar-refractivity contribution in [3.63, 3.8) is 0 Å². The molecule has 7 heteroatoms. The summed E-state index contributed by atoms with van der Waals surface area (Å²) in [5.41, 5.74) is 15.0. The first-order valence-corrected chi connectivity index (χ1v) is 13.9. The second-order valence-corrected chi connectivity index (χ2v) is 10.6. The SMILES string of the molecule is CCCCC1CCC(C(F)(F)Oc2ccc(C=C(CCCCCc3ccc(N)cc3N)C(=O)O)cc2)CC1. The van der Waals surface area contributed by atoms with Crippen molar-refractivity contribution >= 4 is 23.4 Å². The van der Waals surface area contributed by atoms with Gasteiger partial charge in [-0.15, -0.1) is 0 Å². The van der Waals surface area contributed by atoms with Gasteiger partial charge in [-0.25, -0.2) is 4.79 Å². The molecule has 2 aromatic carbocycles. The van der Waals surface area contributed by atoms with Crippen molar-refractivity contribution in [2.75, 3.05) is 11.5 Å². The first kappa shape index (κ1) is 29.5. The molecule has 38 heavy (non-hydrogen) atoms. The monoisotopic (exact) mass is 528 g/mol. The Morgan fingerprint density at radius 2 is 1.74 bits per heavy atom. The van der Waals surface area contributed by atoms with Crippen LogP contribution in [0, 0.1) is 11.8 Å². The zero-order valence-electron chi connectivity index (χ0n) is 22.4. The molecule has 0 radical (unpaired) electrons. The second kappa shape index (κ2) is 14.2. The van der Waals surface area contributed by atoms with Crippen LogP contribution in [0.3, 0.4) is 0 Å². The van der Waals surface area contributed by atoms with Gasteiger partial charge in [0.1, 0.15) is 5.75 Å². The Morgan fingerprint density at radius 3 is 2.37 bits per heavy atom. The Morgan fingerprint density at radius 1 is 1.03 bits per heavy atom. The summed E-state index contributed by atoms with van der Waals surface area (Å²) in [6.07, 6.45) is 8.15. The molecule has 0 atom stereocenters. The van der Waals surface area contributed by atoms with Crippen LogP contribution in [-0.2, 0) is 11.2 Å². The zero-order valence-corrected chi connectivity index (χ0v) is 22.4. The van der Waals surface area contributed by atoms with Gasteiger partial charge in [0.15, 0.2) is 0 Å². The summed E-state index contributed by atoms with van der Waals surface area (Å²) in [4.78, 5) is 11.8. The molecule has 5 nitrogen and oxygen atoms in total. The fourth-order valence-corrected chi connectivity index (χ4v) is 5.24. The Labute approximate surface area is 225 Å². The van der Waals surface area contributed by atoms with E-state index in [0.717, 1.165) is 63.4 Å². The summed E-state index contributed by atoms with van der Waals surface area (Å²) in [6.45, 7) is 2.15. The summed E-state index contributed by atoms with van der Waals surface area (Å²) in [6, 6.07) is 11.7. The van der Waals surface area contributed by atoms with Gasteiger partial charge >= 0.3 is 12.1 Å². The molecule has 0 heterocycles. The number of benzene rings is 2. The molecule has 5 N–H and O–H groups in total. The summed E-state index contributed by atoms with van der Waals surface area (Å²) in [7, 11) is 0. The van der Waals surface area contributed by atoms with E-state index in [-0.39, 0.29) is 11.3 Å². The third kappa shape index (κ3) is 9.03. The van der Waals surface area contributed by atoms with E-state index < -0.39 is 18.0 Å². The topological polar surface area (TPSA) is 98.6 Å². The number of carbonyl (C=O) groups is 1. The minimum absolute atomic E-state index is 0.0964. The summed E-state index contributed by atoms with van der Waals surface area (Å²) >= 11 is 0. The number of carboxylic acids is 1. The predicted octanol–water partition coefficient (Wildman–Crippen LogP) is 8.09. The van der Waals surface area contributed by atoms with Crippen molar-refractivity contribution in [1.29, 1.82) is 0 Å². The molecule has 1 saturated carbocycles. The lowest BCUT2D eigenvalue weighted by atomic mass is 9.79. The second-order valence-electron chi connectivity index (χ2n) is 10.6. The van der Waals surface area contributed by atoms with Crippen LogP contribution in [0.15, 0.2) is 48.0 Å². The number of aliphatic carboxylic acids is 1. The third-order valence-corrected chi connectivity index (χ3v) is 7.60. The largest absolute Gasteiger partial charge is 0.478 e. The van der Waals surface area contributed by atoms with Gasteiger partial charge < -0.3 is 21.3 Å². The molecule has 1 aliphatic rings. The zero-order chi connectivity index (χ0) is 27.5. The van der Waals surface area contributed by atoms with E-state index >= 15 is 0 Å². The number of nitrogens with two attached hydrogens (primary N) is 2. The molecular formula is C31H42F2N2O3. The molecule has 0 spiro atoms. The first-order valence-electron chi connectivity index (χ1n) is 13.9. The van der Waals surface area contributed by atoms with Crippen LogP contribution in [0.4, 0.5) is 20.2 Å². The Hall–Kier alpha value is -3.09. The fraction of sp³-hybridized carbons (Fsp3) is 0.516. The molecule has 3 rings (SSSR count). The van der Waals surface area contributed by atoms with Crippen molar-refractivity contribution in [1.82, 2.24) is 0 Å². The van der Waals surface area contributed by atoms with Gasteiger partial charge in [0.2, 0.25) is 0 Å². The molecule has 0 unspecified atom stereocenters. The maximum atomic E-state index is 14.8. The van der Waals surface area contributed by atoms with Crippen molar-refractivity contribution in [3.8, 4) is 5.75 Å². The lowest BCUT2D eigenvalue weighted by molar-refractivity contribution is -0.223. The van der Waals surface area contributed by atoms with Gasteiger partial charge in [0.25, 0.3) is 0 Å². The van der Waals surface area contributed by atoms with Crippen molar-refractivity contribution in [3.05, 3.63) is 59.2 Å². The number of hydrogen-bond acceptors (Lipinski definition) is 4.